The smallest absolute Gasteiger partial charge is 0.262 e. The first kappa shape index (κ1) is 16.3. The molecule has 22 heavy (non-hydrogen) atoms. The van der Waals surface area contributed by atoms with Gasteiger partial charge in [0.1, 0.15) is 4.90 Å². The van der Waals surface area contributed by atoms with Crippen molar-refractivity contribution in [2.75, 3.05) is 4.72 Å². The normalized spacial score (nSPS) is 12.1. The Balaban J connectivity index is 2.48. The molecule has 0 atom stereocenters. The number of primary sulfonamides is 1. The summed E-state index contributed by atoms with van der Waals surface area (Å²) in [7, 11) is -8.48. The molecule has 2 aromatic carbocycles. The summed E-state index contributed by atoms with van der Waals surface area (Å²) < 4.78 is 75.0. The van der Waals surface area contributed by atoms with E-state index in [1.165, 1.54) is 18.2 Å². The molecular formula is C12H10F2N2O4S2. The average molecular weight is 348 g/mol. The molecule has 0 bridgehead atoms. The molecule has 0 saturated heterocycles. The van der Waals surface area contributed by atoms with Crippen LogP contribution in [-0.2, 0) is 20.0 Å². The summed E-state index contributed by atoms with van der Waals surface area (Å²) in [6, 6.07) is 7.01. The Kier molecular flexibility index (Phi) is 4.18. The number of sulfonamides is 2. The number of benzene rings is 2. The van der Waals surface area contributed by atoms with Crippen LogP contribution in [0.4, 0.5) is 14.5 Å². The van der Waals surface area contributed by atoms with Gasteiger partial charge in [0.05, 0.1) is 10.6 Å². The summed E-state index contributed by atoms with van der Waals surface area (Å²) >= 11 is 0. The van der Waals surface area contributed by atoms with E-state index in [2.05, 4.69) is 0 Å². The van der Waals surface area contributed by atoms with Gasteiger partial charge in [-0.2, -0.15) is 0 Å². The molecule has 0 aliphatic carbocycles. The van der Waals surface area contributed by atoms with Gasteiger partial charge in [-0.05, 0) is 30.3 Å². The molecule has 0 spiro atoms. The van der Waals surface area contributed by atoms with Gasteiger partial charge in [0.2, 0.25) is 10.0 Å². The Morgan fingerprint density at radius 3 is 2.14 bits per heavy atom. The quantitative estimate of drug-likeness (QED) is 0.871. The van der Waals surface area contributed by atoms with Crippen molar-refractivity contribution in [3.8, 4) is 0 Å². The van der Waals surface area contributed by atoms with E-state index in [0.29, 0.717) is 12.1 Å². The van der Waals surface area contributed by atoms with E-state index in [4.69, 9.17) is 5.14 Å². The van der Waals surface area contributed by atoms with Gasteiger partial charge in [-0.1, -0.05) is 12.1 Å². The first-order valence-electron chi connectivity index (χ1n) is 5.71. The first-order valence-corrected chi connectivity index (χ1v) is 8.74. The van der Waals surface area contributed by atoms with Crippen LogP contribution in [0.2, 0.25) is 0 Å². The lowest BCUT2D eigenvalue weighted by Gasteiger charge is -2.11. The standard InChI is InChI=1S/C12H10F2N2O4S2/c13-9-6-5-8(7-10(9)14)22(19,20)16-11-3-1-2-4-12(11)21(15,17)18/h1-7,16H,(H2,15,17,18). The Bertz CT molecular complexity index is 928. The topological polar surface area (TPSA) is 106 Å². The van der Waals surface area contributed by atoms with Gasteiger partial charge in [0.25, 0.3) is 10.0 Å². The van der Waals surface area contributed by atoms with Crippen LogP contribution < -0.4 is 9.86 Å². The van der Waals surface area contributed by atoms with Gasteiger partial charge in [-0.15, -0.1) is 0 Å². The molecule has 0 amide bonds. The van der Waals surface area contributed by atoms with Crippen molar-refractivity contribution < 1.29 is 25.6 Å². The molecule has 2 aromatic rings. The number of anilines is 1. The minimum Gasteiger partial charge on any atom is -0.278 e. The minimum absolute atomic E-state index is 0.297. The molecule has 0 aliphatic heterocycles. The third-order valence-corrected chi connectivity index (χ3v) is 4.97. The Morgan fingerprint density at radius 1 is 0.909 bits per heavy atom. The van der Waals surface area contributed by atoms with Crippen LogP contribution in [0.15, 0.2) is 52.3 Å². The molecule has 0 fully saturated rings. The highest BCUT2D eigenvalue weighted by molar-refractivity contribution is 7.93. The summed E-state index contributed by atoms with van der Waals surface area (Å²) in [4.78, 5) is -1.00. The van der Waals surface area contributed by atoms with E-state index in [1.807, 2.05) is 4.72 Å². The highest BCUT2D eigenvalue weighted by Gasteiger charge is 2.21. The molecule has 0 aromatic heterocycles. The van der Waals surface area contributed by atoms with E-state index < -0.39 is 41.5 Å². The van der Waals surface area contributed by atoms with Crippen LogP contribution >= 0.6 is 0 Å². The van der Waals surface area contributed by atoms with Crippen LogP contribution in [0.3, 0.4) is 0 Å². The average Bonchev–Trinajstić information content (AvgIpc) is 2.40. The van der Waals surface area contributed by atoms with Crippen molar-refractivity contribution in [2.45, 2.75) is 9.79 Å². The molecule has 0 aliphatic rings. The Morgan fingerprint density at radius 2 is 1.55 bits per heavy atom. The van der Waals surface area contributed by atoms with Gasteiger partial charge in [-0.25, -0.2) is 30.8 Å². The maximum Gasteiger partial charge on any atom is 0.262 e. The predicted molar refractivity (Wildman–Crippen MR) is 75.0 cm³/mol. The lowest BCUT2D eigenvalue weighted by molar-refractivity contribution is 0.504. The van der Waals surface area contributed by atoms with E-state index in [0.717, 1.165) is 12.1 Å². The zero-order valence-corrected chi connectivity index (χ0v) is 12.5. The monoisotopic (exact) mass is 348 g/mol. The van der Waals surface area contributed by atoms with Gasteiger partial charge < -0.3 is 0 Å². The summed E-state index contributed by atoms with van der Waals surface area (Å²) in [5, 5.41) is 4.99. The van der Waals surface area contributed by atoms with Crippen LogP contribution in [-0.4, -0.2) is 16.8 Å². The van der Waals surface area contributed by atoms with Crippen molar-refractivity contribution in [1.29, 1.82) is 0 Å². The molecular weight excluding hydrogens is 338 g/mol. The maximum absolute atomic E-state index is 13.1. The Labute approximate surface area is 125 Å². The molecule has 0 unspecified atom stereocenters. The van der Waals surface area contributed by atoms with Crippen molar-refractivity contribution in [3.05, 3.63) is 54.1 Å². The fourth-order valence-electron chi connectivity index (χ4n) is 1.65. The van der Waals surface area contributed by atoms with Gasteiger partial charge >= 0.3 is 0 Å². The SMILES string of the molecule is NS(=O)(=O)c1ccccc1NS(=O)(=O)c1ccc(F)c(F)c1. The van der Waals surface area contributed by atoms with Crippen molar-refractivity contribution in [1.82, 2.24) is 0 Å². The van der Waals surface area contributed by atoms with Crippen molar-refractivity contribution in [2.24, 2.45) is 5.14 Å². The van der Waals surface area contributed by atoms with E-state index in [1.54, 1.807) is 0 Å². The second kappa shape index (κ2) is 5.63. The number of hydrogen-bond acceptors (Lipinski definition) is 4. The number of para-hydroxylation sites is 1. The molecule has 6 nitrogen and oxygen atoms in total. The largest absolute Gasteiger partial charge is 0.278 e. The van der Waals surface area contributed by atoms with Crippen molar-refractivity contribution >= 4 is 25.7 Å². The van der Waals surface area contributed by atoms with Gasteiger partial charge in [0, 0.05) is 0 Å². The highest BCUT2D eigenvalue weighted by Crippen LogP contribution is 2.23. The third-order valence-electron chi connectivity index (χ3n) is 2.64. The van der Waals surface area contributed by atoms with Gasteiger partial charge in [-0.3, -0.25) is 4.72 Å². The summed E-state index contributed by atoms with van der Waals surface area (Å²) in [6.45, 7) is 0. The number of nitrogens with one attached hydrogen (secondary N) is 1. The van der Waals surface area contributed by atoms with E-state index >= 15 is 0 Å². The van der Waals surface area contributed by atoms with E-state index in [9.17, 15) is 25.6 Å². The van der Waals surface area contributed by atoms with Crippen molar-refractivity contribution in [3.63, 3.8) is 0 Å². The summed E-state index contributed by atoms with van der Waals surface area (Å²) in [5.74, 6) is -2.55. The second-order valence-electron chi connectivity index (χ2n) is 4.22. The molecule has 0 radical (unpaired) electrons. The van der Waals surface area contributed by atoms with Crippen LogP contribution in [0.1, 0.15) is 0 Å². The second-order valence-corrected chi connectivity index (χ2v) is 7.43. The van der Waals surface area contributed by atoms with Crippen LogP contribution in [0.25, 0.3) is 0 Å². The molecule has 2 rings (SSSR count). The molecule has 0 saturated carbocycles. The first-order chi connectivity index (χ1) is 10.1. The number of halogens is 2. The number of rotatable bonds is 4. The predicted octanol–water partition coefficient (Wildman–Crippen LogP) is 1.41. The maximum atomic E-state index is 13.1. The molecule has 118 valence electrons. The Hall–Kier alpha value is -2.04. The lowest BCUT2D eigenvalue weighted by Crippen LogP contribution is -2.19. The molecule has 10 heteroatoms. The molecule has 3 N–H and O–H groups in total. The van der Waals surface area contributed by atoms with Crippen LogP contribution in [0.5, 0.6) is 0 Å². The zero-order valence-electron chi connectivity index (χ0n) is 10.8. The number of nitrogens with two attached hydrogens (primary N) is 1. The number of hydrogen-bond donors (Lipinski definition) is 2. The minimum atomic E-state index is -4.31. The van der Waals surface area contributed by atoms with Crippen LogP contribution in [0, 0.1) is 11.6 Å². The third kappa shape index (κ3) is 3.40. The fourth-order valence-corrected chi connectivity index (χ4v) is 3.50. The molecule has 0 heterocycles. The lowest BCUT2D eigenvalue weighted by atomic mass is 10.3. The zero-order chi connectivity index (χ0) is 16.5. The van der Waals surface area contributed by atoms with Gasteiger partial charge in [0.15, 0.2) is 11.6 Å². The van der Waals surface area contributed by atoms with E-state index in [-0.39, 0.29) is 5.69 Å². The fraction of sp³-hybridized carbons (Fsp3) is 0. The highest BCUT2D eigenvalue weighted by atomic mass is 32.2. The summed E-state index contributed by atoms with van der Waals surface area (Å²) in [6.07, 6.45) is 0. The summed E-state index contributed by atoms with van der Waals surface area (Å²) in [5.41, 5.74) is -0.297.